The number of nitrogens with one attached hydrogen (secondary N) is 2. The van der Waals surface area contributed by atoms with Crippen molar-refractivity contribution in [2.24, 2.45) is 0 Å². The molecule has 11 nitrogen and oxygen atoms in total. The van der Waals surface area contributed by atoms with Crippen LogP contribution in [0.25, 0.3) is 41.1 Å². The summed E-state index contributed by atoms with van der Waals surface area (Å²) < 4.78 is 14.1. The predicted octanol–water partition coefficient (Wildman–Crippen LogP) is 7.15. The highest BCUT2D eigenvalue weighted by Gasteiger charge is 2.28. The van der Waals surface area contributed by atoms with Crippen LogP contribution in [0.5, 0.6) is 11.5 Å². The van der Waals surface area contributed by atoms with Gasteiger partial charge in [-0.05, 0) is 84.6 Å². The third-order valence-corrected chi connectivity index (χ3v) is 11.6. The van der Waals surface area contributed by atoms with Gasteiger partial charge >= 0.3 is 11.9 Å². The molecule has 0 spiro atoms. The van der Waals surface area contributed by atoms with Crippen molar-refractivity contribution in [2.45, 2.75) is 37.8 Å². The molecule has 2 atom stereocenters. The lowest BCUT2D eigenvalue weighted by Crippen LogP contribution is -2.30. The number of thiophene rings is 2. The molecule has 274 valence electrons. The number of ether oxygens (including phenoxy) is 2. The Hall–Kier alpha value is -6.05. The van der Waals surface area contributed by atoms with Crippen LogP contribution in [0.1, 0.15) is 41.6 Å². The fourth-order valence-corrected chi connectivity index (χ4v) is 8.89. The number of carbonyl (C=O) groups is 5. The quantitative estimate of drug-likeness (QED) is 0.0837. The van der Waals surface area contributed by atoms with Crippen LogP contribution in [0.4, 0.5) is 0 Å². The van der Waals surface area contributed by atoms with Gasteiger partial charge in [-0.15, -0.1) is 22.7 Å². The molecular weight excluding hydrogens is 729 g/mol. The van der Waals surface area contributed by atoms with Crippen molar-refractivity contribution in [3.05, 3.63) is 108 Å². The number of benzene rings is 4. The number of fused-ring (bicyclic) bond motifs is 2. The van der Waals surface area contributed by atoms with E-state index >= 15 is 0 Å². The first-order valence-electron chi connectivity index (χ1n) is 17.2. The Morgan fingerprint density at radius 2 is 0.981 bits per heavy atom. The van der Waals surface area contributed by atoms with E-state index in [0.717, 1.165) is 65.4 Å². The normalized spacial score (nSPS) is 16.4. The monoisotopic (exact) mass is 762 g/mol. The van der Waals surface area contributed by atoms with Gasteiger partial charge < -0.3 is 30.3 Å². The van der Waals surface area contributed by atoms with Crippen molar-refractivity contribution < 1.29 is 43.7 Å². The van der Waals surface area contributed by atoms with Gasteiger partial charge in [0.15, 0.2) is 5.78 Å². The first kappa shape index (κ1) is 36.3. The van der Waals surface area contributed by atoms with Crippen molar-refractivity contribution in [1.82, 2.24) is 10.6 Å². The summed E-state index contributed by atoms with van der Waals surface area (Å²) in [5, 5.41) is 22.5. The Kier molecular flexibility index (Phi) is 10.7. The maximum Gasteiger partial charge on any atom is 0.414 e. The molecule has 0 aliphatic carbocycles. The van der Waals surface area contributed by atoms with E-state index in [-0.39, 0.29) is 29.7 Å². The average Bonchev–Trinajstić information content (AvgIpc) is 3.98. The van der Waals surface area contributed by atoms with Gasteiger partial charge in [-0.3, -0.25) is 14.4 Å². The number of carboxylic acids is 2. The first-order chi connectivity index (χ1) is 26.1. The van der Waals surface area contributed by atoms with E-state index in [1.54, 1.807) is 22.7 Å². The minimum absolute atomic E-state index is 0.00972. The minimum Gasteiger partial charge on any atom is -0.491 e. The Morgan fingerprint density at radius 1 is 0.593 bits per heavy atom. The van der Waals surface area contributed by atoms with Crippen molar-refractivity contribution >= 4 is 72.4 Å². The molecule has 54 heavy (non-hydrogen) atoms. The number of aliphatic carboxylic acids is 2. The zero-order valence-corrected chi connectivity index (χ0v) is 30.3. The smallest absolute Gasteiger partial charge is 0.414 e. The number of rotatable bonds is 10. The molecule has 2 saturated heterocycles. The molecular formula is C41H34N2O9S2. The SMILES string of the molecule is O=C(O)C(=O)O.O=C1CC[C@H](COc2ccc(-c3sc4ccccc4c3C(=O)c3c(-c4ccc(OC[C@H]5CCC(=O)N5)cc4)sc4ccccc34)cc2)N1. The first-order valence-corrected chi connectivity index (χ1v) is 18.9. The molecule has 0 unspecified atom stereocenters. The van der Waals surface area contributed by atoms with Crippen LogP contribution >= 0.6 is 22.7 Å². The second-order valence-electron chi connectivity index (χ2n) is 12.8. The van der Waals surface area contributed by atoms with E-state index < -0.39 is 11.9 Å². The summed E-state index contributed by atoms with van der Waals surface area (Å²) in [5.74, 6) is -2.07. The van der Waals surface area contributed by atoms with E-state index in [0.29, 0.717) is 37.2 Å². The number of hydrogen-bond acceptors (Lipinski definition) is 9. The number of hydrogen-bond donors (Lipinski definition) is 4. The molecule has 13 heteroatoms. The van der Waals surface area contributed by atoms with Gasteiger partial charge in [0, 0.05) is 53.9 Å². The number of amides is 2. The van der Waals surface area contributed by atoms with Crippen LogP contribution in [-0.4, -0.2) is 65.0 Å². The highest BCUT2D eigenvalue weighted by atomic mass is 32.1. The molecule has 4 N–H and O–H groups in total. The topological polar surface area (TPSA) is 168 Å². The van der Waals surface area contributed by atoms with Gasteiger partial charge in [0.1, 0.15) is 24.7 Å². The van der Waals surface area contributed by atoms with Crippen LogP contribution in [0.3, 0.4) is 0 Å². The largest absolute Gasteiger partial charge is 0.491 e. The molecule has 2 amide bonds. The fourth-order valence-electron chi connectivity index (χ4n) is 6.48. The summed E-state index contributed by atoms with van der Waals surface area (Å²) in [6, 6.07) is 32.0. The fraction of sp³-hybridized carbons (Fsp3) is 0.195. The zero-order chi connectivity index (χ0) is 37.8. The number of carbonyl (C=O) groups excluding carboxylic acids is 3. The number of carboxylic acid groups (broad SMARTS) is 2. The van der Waals surface area contributed by atoms with Crippen LogP contribution < -0.4 is 20.1 Å². The van der Waals surface area contributed by atoms with E-state index in [4.69, 9.17) is 29.3 Å². The maximum absolute atomic E-state index is 15.0. The van der Waals surface area contributed by atoms with E-state index in [9.17, 15) is 14.4 Å². The third kappa shape index (κ3) is 7.97. The molecule has 0 bridgehead atoms. The Morgan fingerprint density at radius 3 is 1.33 bits per heavy atom. The summed E-state index contributed by atoms with van der Waals surface area (Å²) in [5.41, 5.74) is 3.28. The van der Waals surface area contributed by atoms with Gasteiger partial charge in [0.25, 0.3) is 0 Å². The van der Waals surface area contributed by atoms with Gasteiger partial charge in [-0.25, -0.2) is 9.59 Å². The lowest BCUT2D eigenvalue weighted by molar-refractivity contribution is -0.159. The van der Waals surface area contributed by atoms with E-state index in [1.807, 2.05) is 84.9 Å². The molecule has 8 rings (SSSR count). The van der Waals surface area contributed by atoms with Crippen molar-refractivity contribution in [3.8, 4) is 32.4 Å². The van der Waals surface area contributed by atoms with Crippen LogP contribution in [0, 0.1) is 0 Å². The summed E-state index contributed by atoms with van der Waals surface area (Å²) >= 11 is 3.24. The summed E-state index contributed by atoms with van der Waals surface area (Å²) in [6.07, 6.45) is 2.64. The third-order valence-electron chi connectivity index (χ3n) is 9.13. The highest BCUT2D eigenvalue weighted by Crippen LogP contribution is 2.45. The molecule has 2 fully saturated rings. The zero-order valence-electron chi connectivity index (χ0n) is 28.7. The van der Waals surface area contributed by atoms with Crippen LogP contribution in [0.15, 0.2) is 97.1 Å². The molecule has 2 aliphatic heterocycles. The lowest BCUT2D eigenvalue weighted by atomic mass is 9.94. The molecule has 2 aromatic heterocycles. The molecule has 4 heterocycles. The van der Waals surface area contributed by atoms with Crippen LogP contribution in [0.2, 0.25) is 0 Å². The molecule has 0 saturated carbocycles. The van der Waals surface area contributed by atoms with Crippen molar-refractivity contribution in [3.63, 3.8) is 0 Å². The Balaban J connectivity index is 0.000000695. The Labute approximate surface area is 317 Å². The van der Waals surface area contributed by atoms with Gasteiger partial charge in [0.05, 0.1) is 12.1 Å². The average molecular weight is 763 g/mol. The van der Waals surface area contributed by atoms with Crippen molar-refractivity contribution in [2.75, 3.05) is 13.2 Å². The maximum atomic E-state index is 15.0. The summed E-state index contributed by atoms with van der Waals surface area (Å²) in [7, 11) is 0. The lowest BCUT2D eigenvalue weighted by Gasteiger charge is -2.13. The molecule has 2 aliphatic rings. The standard InChI is InChI=1S/C39H32N2O5S2.C2H2O4/c42-33-19-13-25(40-33)21-45-27-15-9-23(10-16-27)38-35(29-5-1-3-7-31(29)47-38)37(44)36-30-6-2-4-8-32(30)48-39(36)24-11-17-28(18-12-24)46-22-26-14-20-34(43)41-26;3-1(4)2(5)6/h1-12,15-18,25-26H,13-14,19-22H2,(H,40,42)(H,41,43);(H,3,4)(H,5,6)/t25-,26-;/m1./s1. The van der Waals surface area contributed by atoms with Gasteiger partial charge in [-0.2, -0.15) is 0 Å². The van der Waals surface area contributed by atoms with Gasteiger partial charge in [-0.1, -0.05) is 36.4 Å². The predicted molar refractivity (Wildman–Crippen MR) is 207 cm³/mol. The Bertz CT molecular complexity index is 2220. The summed E-state index contributed by atoms with van der Waals surface area (Å²) in [6.45, 7) is 0.856. The second kappa shape index (κ2) is 15.9. The number of ketones is 1. The molecule has 0 radical (unpaired) electrons. The summed E-state index contributed by atoms with van der Waals surface area (Å²) in [4.78, 5) is 58.1. The van der Waals surface area contributed by atoms with E-state index in [1.165, 1.54) is 0 Å². The van der Waals surface area contributed by atoms with E-state index in [2.05, 4.69) is 22.8 Å². The minimum atomic E-state index is -1.82. The van der Waals surface area contributed by atoms with Gasteiger partial charge in [0.2, 0.25) is 11.8 Å². The molecule has 6 aromatic rings. The van der Waals surface area contributed by atoms with Crippen LogP contribution in [-0.2, 0) is 19.2 Å². The highest BCUT2D eigenvalue weighted by molar-refractivity contribution is 7.23. The second-order valence-corrected chi connectivity index (χ2v) is 14.9. The molecule has 4 aromatic carbocycles. The van der Waals surface area contributed by atoms with Crippen molar-refractivity contribution in [1.29, 1.82) is 0 Å².